The average Bonchev–Trinajstić information content (AvgIpc) is 2.88. The van der Waals surface area contributed by atoms with Crippen molar-refractivity contribution in [3.05, 3.63) is 78.7 Å². The highest BCUT2D eigenvalue weighted by Gasteiger charge is 2.46. The molecule has 1 heterocycles. The molecule has 23 heavy (non-hydrogen) atoms. The van der Waals surface area contributed by atoms with Gasteiger partial charge in [0, 0.05) is 5.69 Å². The Bertz CT molecular complexity index is 849. The average molecular weight is 318 g/mol. The topological polar surface area (TPSA) is 171 Å². The van der Waals surface area contributed by atoms with Crippen LogP contribution >= 0.6 is 0 Å². The van der Waals surface area contributed by atoms with Crippen LogP contribution in [-0.2, 0) is 0 Å². The van der Waals surface area contributed by atoms with Crippen molar-refractivity contribution in [2.75, 3.05) is 5.73 Å². The number of benzene rings is 1. The number of fused-ring (bicyclic) bond motifs is 1. The monoisotopic (exact) mass is 318 g/mol. The number of rotatable bonds is 2. The van der Waals surface area contributed by atoms with E-state index in [1.807, 2.05) is 0 Å². The zero-order valence-electron chi connectivity index (χ0n) is 11.3. The normalized spacial score (nSPS) is 16.6. The summed E-state index contributed by atoms with van der Waals surface area (Å²) in [7, 11) is 0. The highest BCUT2D eigenvalue weighted by molar-refractivity contribution is 6.06. The van der Waals surface area contributed by atoms with Gasteiger partial charge in [-0.05, 0) is 22.6 Å². The lowest BCUT2D eigenvalue weighted by molar-refractivity contribution is -0.808. The number of allylic oxidation sites excluding steroid dienone is 2. The molecule has 1 atom stereocenters. The van der Waals surface area contributed by atoms with Gasteiger partial charge in [-0.3, -0.25) is 14.7 Å². The standard InChI is InChI=1S/C12H8N5O6/c13-7-3-1-6(2-4-7)10-8(15(18)19)5-9(16(20)21)11-12(10)17(22)23-14-11/h1-5,10H,13H2/q-1. The summed E-state index contributed by atoms with van der Waals surface area (Å²) in [6, 6.07) is 5.99. The molecule has 0 amide bonds. The minimum atomic E-state index is -1.16. The zero-order chi connectivity index (χ0) is 16.7. The Balaban J connectivity index is 2.30. The van der Waals surface area contributed by atoms with Gasteiger partial charge in [0.25, 0.3) is 11.4 Å². The predicted octanol–water partition coefficient (Wildman–Crippen LogP) is -0.00650. The molecule has 3 rings (SSSR count). The number of nitro groups is 1. The summed E-state index contributed by atoms with van der Waals surface area (Å²) >= 11 is 0. The summed E-state index contributed by atoms with van der Waals surface area (Å²) in [4.78, 5) is 9.64. The van der Waals surface area contributed by atoms with E-state index in [2.05, 4.69) is 9.79 Å². The number of aromatic nitrogens is 2. The van der Waals surface area contributed by atoms with Crippen molar-refractivity contribution in [2.24, 2.45) is 0 Å². The number of nitrogen functional groups attached to an aromatic ring is 1. The van der Waals surface area contributed by atoms with Crippen molar-refractivity contribution in [2.45, 2.75) is 5.92 Å². The fourth-order valence-corrected chi connectivity index (χ4v) is 2.42. The lowest BCUT2D eigenvalue weighted by atomic mass is 9.86. The van der Waals surface area contributed by atoms with Gasteiger partial charge in [-0.15, -0.1) is 0 Å². The second-order valence-electron chi connectivity index (χ2n) is 4.73. The molecule has 0 bridgehead atoms. The van der Waals surface area contributed by atoms with Gasteiger partial charge >= 0.3 is 5.69 Å². The lowest BCUT2D eigenvalue weighted by Gasteiger charge is -2.16. The van der Waals surface area contributed by atoms with Crippen LogP contribution in [0, 0.1) is 25.7 Å². The Morgan fingerprint density at radius 2 is 1.87 bits per heavy atom. The zero-order valence-corrected chi connectivity index (χ0v) is 11.3. The number of anilines is 1. The quantitative estimate of drug-likeness (QED) is 0.348. The molecule has 11 nitrogen and oxygen atoms in total. The van der Waals surface area contributed by atoms with E-state index in [4.69, 9.17) is 5.73 Å². The number of nitrogens with zero attached hydrogens (tertiary/aromatic N) is 4. The molecule has 1 aromatic carbocycles. The first kappa shape index (κ1) is 14.3. The molecule has 0 fully saturated rings. The van der Waals surface area contributed by atoms with E-state index in [0.29, 0.717) is 11.3 Å². The first-order chi connectivity index (χ1) is 10.9. The van der Waals surface area contributed by atoms with Crippen LogP contribution in [0.1, 0.15) is 22.9 Å². The molecule has 0 aliphatic heterocycles. The van der Waals surface area contributed by atoms with Crippen molar-refractivity contribution in [1.29, 1.82) is 0 Å². The molecule has 1 aromatic heterocycles. The Labute approximate surface area is 127 Å². The molecule has 1 aliphatic carbocycles. The van der Waals surface area contributed by atoms with Gasteiger partial charge in [-0.25, -0.2) is 0 Å². The predicted molar refractivity (Wildman–Crippen MR) is 74.3 cm³/mol. The lowest BCUT2D eigenvalue weighted by Crippen LogP contribution is -2.36. The van der Waals surface area contributed by atoms with Crippen LogP contribution in [0.5, 0.6) is 0 Å². The van der Waals surface area contributed by atoms with Crippen LogP contribution < -0.4 is 10.6 Å². The van der Waals surface area contributed by atoms with Crippen molar-refractivity contribution in [3.8, 4) is 0 Å². The van der Waals surface area contributed by atoms with Gasteiger partial charge in [0.1, 0.15) is 5.92 Å². The molecule has 11 heteroatoms. The molecule has 2 N–H and O–H groups in total. The van der Waals surface area contributed by atoms with Gasteiger partial charge in [0.2, 0.25) is 5.69 Å². The summed E-state index contributed by atoms with van der Waals surface area (Å²) in [5, 5.41) is 48.7. The summed E-state index contributed by atoms with van der Waals surface area (Å²) in [5.41, 5.74) is 4.52. The molecular formula is C12H8N5O6-. The van der Waals surface area contributed by atoms with Crippen LogP contribution in [0.25, 0.3) is 0 Å². The first-order valence-electron chi connectivity index (χ1n) is 6.23. The maximum Gasteiger partial charge on any atom is 0.318 e. The Kier molecular flexibility index (Phi) is 3.10. The number of hydrogen-bond donors (Lipinski definition) is 1. The second-order valence-corrected chi connectivity index (χ2v) is 4.73. The third kappa shape index (κ3) is 2.19. The molecule has 0 saturated heterocycles. The SMILES string of the molecule is Nc1ccc(C2C([N+](=O)[O-])=CC(=[N+]([O-])[O-])c3no[n+]([O-])c32)cc1. The van der Waals surface area contributed by atoms with Gasteiger partial charge in [-0.2, -0.15) is 4.90 Å². The van der Waals surface area contributed by atoms with Crippen LogP contribution in [0.3, 0.4) is 0 Å². The molecule has 1 unspecified atom stereocenters. The van der Waals surface area contributed by atoms with Crippen LogP contribution in [0.15, 0.2) is 40.7 Å². The summed E-state index contributed by atoms with van der Waals surface area (Å²) in [5.74, 6) is -1.16. The van der Waals surface area contributed by atoms with Crippen LogP contribution in [-0.4, -0.2) is 20.7 Å². The smallest absolute Gasteiger partial charge is 0.318 e. The van der Waals surface area contributed by atoms with E-state index in [0.717, 1.165) is 6.08 Å². The van der Waals surface area contributed by atoms with Gasteiger partial charge in [0.15, 0.2) is 0 Å². The molecule has 2 aromatic rings. The maximum absolute atomic E-state index is 11.8. The molecule has 0 saturated carbocycles. The minimum Gasteiger partial charge on any atom is -0.612 e. The third-order valence-corrected chi connectivity index (χ3v) is 3.42. The van der Waals surface area contributed by atoms with E-state index in [9.17, 15) is 25.7 Å². The van der Waals surface area contributed by atoms with Crippen molar-refractivity contribution in [3.63, 3.8) is 0 Å². The summed E-state index contributed by atoms with van der Waals surface area (Å²) < 4.78 is 4.41. The molecule has 118 valence electrons. The Morgan fingerprint density at radius 3 is 2.43 bits per heavy atom. The molecule has 1 aliphatic rings. The Morgan fingerprint density at radius 1 is 1.22 bits per heavy atom. The maximum atomic E-state index is 11.8. The van der Waals surface area contributed by atoms with E-state index in [1.54, 1.807) is 0 Å². The number of nitrogens with two attached hydrogens (primary N) is 1. The van der Waals surface area contributed by atoms with Crippen LogP contribution in [0.2, 0.25) is 0 Å². The van der Waals surface area contributed by atoms with E-state index in [-0.39, 0.29) is 16.3 Å². The number of hydrogen-bond acceptors (Lipinski definition) is 8. The van der Waals surface area contributed by atoms with Crippen molar-refractivity contribution >= 4 is 11.4 Å². The van der Waals surface area contributed by atoms with Crippen LogP contribution in [0.4, 0.5) is 5.69 Å². The van der Waals surface area contributed by atoms with Crippen molar-refractivity contribution in [1.82, 2.24) is 5.16 Å². The largest absolute Gasteiger partial charge is 0.612 e. The first-order valence-corrected chi connectivity index (χ1v) is 6.23. The van der Waals surface area contributed by atoms with Gasteiger partial charge in [0.05, 0.1) is 16.2 Å². The van der Waals surface area contributed by atoms with E-state index in [1.165, 1.54) is 24.3 Å². The molecule has 0 spiro atoms. The molecule has 0 radical (unpaired) electrons. The molecular weight excluding hydrogens is 310 g/mol. The van der Waals surface area contributed by atoms with Gasteiger partial charge < -0.3 is 21.4 Å². The highest BCUT2D eigenvalue weighted by atomic mass is 16.8. The van der Waals surface area contributed by atoms with E-state index < -0.39 is 27.2 Å². The summed E-state index contributed by atoms with van der Waals surface area (Å²) in [6.07, 6.45) is 0.784. The second kappa shape index (κ2) is 4.98. The van der Waals surface area contributed by atoms with Crippen molar-refractivity contribution < 1.29 is 19.4 Å². The minimum absolute atomic E-state index is 0.0592. The fourth-order valence-electron chi connectivity index (χ4n) is 2.42. The Hall–Kier alpha value is -3.63. The fraction of sp³-hybridized carbons (Fsp3) is 0.0833. The van der Waals surface area contributed by atoms with Gasteiger partial charge in [-0.1, -0.05) is 12.1 Å². The summed E-state index contributed by atoms with van der Waals surface area (Å²) in [6.45, 7) is 0. The highest BCUT2D eigenvalue weighted by Crippen LogP contribution is 2.36. The van der Waals surface area contributed by atoms with E-state index >= 15 is 0 Å². The third-order valence-electron chi connectivity index (χ3n) is 3.42.